The van der Waals surface area contributed by atoms with E-state index in [2.05, 4.69) is 41.7 Å². The van der Waals surface area contributed by atoms with Crippen LogP contribution in [0.1, 0.15) is 17.0 Å². The Morgan fingerprint density at radius 2 is 1.94 bits per heavy atom. The van der Waals surface area contributed by atoms with Gasteiger partial charge < -0.3 is 5.32 Å². The smallest absolute Gasteiger partial charge is 0.120 e. The van der Waals surface area contributed by atoms with E-state index in [0.29, 0.717) is 0 Å². The zero-order valence-electron chi connectivity index (χ0n) is 17.0. The molecule has 0 radical (unpaired) electrons. The molecule has 8 nitrogen and oxygen atoms in total. The molecule has 0 aliphatic carbocycles. The molecule has 1 aliphatic rings. The van der Waals surface area contributed by atoms with E-state index in [0.717, 1.165) is 75.8 Å². The van der Waals surface area contributed by atoms with Crippen molar-refractivity contribution in [3.05, 3.63) is 65.7 Å². The van der Waals surface area contributed by atoms with E-state index in [1.165, 1.54) is 5.56 Å². The maximum Gasteiger partial charge on any atom is 0.120 e. The minimum absolute atomic E-state index is 0.787. The molecule has 8 heteroatoms. The van der Waals surface area contributed by atoms with Gasteiger partial charge in [-0.3, -0.25) is 20.2 Å². The third kappa shape index (κ3) is 3.08. The van der Waals surface area contributed by atoms with Crippen LogP contribution in [0.4, 0.5) is 0 Å². The van der Waals surface area contributed by atoms with Crippen LogP contribution in [-0.2, 0) is 13.0 Å². The van der Waals surface area contributed by atoms with Crippen molar-refractivity contribution in [3.8, 4) is 33.9 Å². The van der Waals surface area contributed by atoms with Crippen molar-refractivity contribution in [2.24, 2.45) is 0 Å². The van der Waals surface area contributed by atoms with Crippen molar-refractivity contribution in [3.63, 3.8) is 0 Å². The molecular weight excluding hydrogens is 388 g/mol. The lowest BCUT2D eigenvalue weighted by atomic mass is 10.0. The molecule has 0 aromatic carbocycles. The highest BCUT2D eigenvalue weighted by atomic mass is 15.1. The molecule has 5 aromatic rings. The van der Waals surface area contributed by atoms with Gasteiger partial charge in [0.2, 0.25) is 0 Å². The van der Waals surface area contributed by atoms with Crippen molar-refractivity contribution >= 4 is 11.0 Å². The number of aromatic amines is 2. The number of rotatable bonds is 3. The SMILES string of the molecule is Cc1cccc(-c2n[nH]cc2-c2ccc3ncc(-c4[nH]nc5c4CCNC5)cc3n2)n1. The van der Waals surface area contributed by atoms with Crippen molar-refractivity contribution in [2.75, 3.05) is 6.54 Å². The van der Waals surface area contributed by atoms with E-state index in [9.17, 15) is 0 Å². The standard InChI is InChI=1S/C23H20N8/c1-13-3-2-4-19(27-13)23-16(11-26-30-23)17-5-6-18-20(28-17)9-14(10-25-18)22-15-7-8-24-12-21(15)29-31-22/h2-6,9-11,24H,7-8,12H2,1H3,(H,26,30)(H,29,31). The second kappa shape index (κ2) is 7.10. The van der Waals surface area contributed by atoms with E-state index in [-0.39, 0.29) is 0 Å². The van der Waals surface area contributed by atoms with Gasteiger partial charge in [0, 0.05) is 41.3 Å². The highest BCUT2D eigenvalue weighted by Crippen LogP contribution is 2.31. The number of hydrogen-bond donors (Lipinski definition) is 3. The average molecular weight is 408 g/mol. The summed E-state index contributed by atoms with van der Waals surface area (Å²) in [6, 6.07) is 12.0. The van der Waals surface area contributed by atoms with Crippen LogP contribution >= 0.6 is 0 Å². The molecule has 5 aromatic heterocycles. The van der Waals surface area contributed by atoms with Crippen LogP contribution in [-0.4, -0.2) is 41.9 Å². The second-order valence-electron chi connectivity index (χ2n) is 7.72. The first-order valence-corrected chi connectivity index (χ1v) is 10.3. The first kappa shape index (κ1) is 17.9. The van der Waals surface area contributed by atoms with Crippen LogP contribution in [0.15, 0.2) is 48.8 Å². The number of aryl methyl sites for hydroxylation is 1. The Balaban J connectivity index is 1.44. The summed E-state index contributed by atoms with van der Waals surface area (Å²) in [7, 11) is 0. The summed E-state index contributed by atoms with van der Waals surface area (Å²) in [4.78, 5) is 14.2. The first-order chi connectivity index (χ1) is 15.3. The van der Waals surface area contributed by atoms with E-state index < -0.39 is 0 Å². The highest BCUT2D eigenvalue weighted by molar-refractivity contribution is 5.85. The Bertz CT molecular complexity index is 1410. The third-order valence-electron chi connectivity index (χ3n) is 5.67. The predicted octanol–water partition coefficient (Wildman–Crippen LogP) is 3.43. The first-order valence-electron chi connectivity index (χ1n) is 10.3. The highest BCUT2D eigenvalue weighted by Gasteiger charge is 2.19. The maximum absolute atomic E-state index is 4.91. The number of pyridine rings is 3. The Hall–Kier alpha value is -3.91. The number of fused-ring (bicyclic) bond motifs is 2. The topological polar surface area (TPSA) is 108 Å². The van der Waals surface area contributed by atoms with Gasteiger partial charge in [0.05, 0.1) is 33.8 Å². The zero-order chi connectivity index (χ0) is 20.8. The summed E-state index contributed by atoms with van der Waals surface area (Å²) in [5.41, 5.74) is 10.4. The lowest BCUT2D eigenvalue weighted by Gasteiger charge is -2.12. The van der Waals surface area contributed by atoms with Crippen LogP contribution in [0.25, 0.3) is 44.9 Å². The molecule has 3 N–H and O–H groups in total. The van der Waals surface area contributed by atoms with Crippen LogP contribution in [0, 0.1) is 6.92 Å². The molecule has 0 amide bonds. The Morgan fingerprint density at radius 3 is 2.87 bits per heavy atom. The summed E-state index contributed by atoms with van der Waals surface area (Å²) in [5, 5.41) is 18.4. The molecule has 0 saturated carbocycles. The van der Waals surface area contributed by atoms with Gasteiger partial charge >= 0.3 is 0 Å². The summed E-state index contributed by atoms with van der Waals surface area (Å²) >= 11 is 0. The Labute approximate surface area is 178 Å². The van der Waals surface area contributed by atoms with Gasteiger partial charge in [-0.05, 0) is 50.2 Å². The predicted molar refractivity (Wildman–Crippen MR) is 118 cm³/mol. The molecular formula is C23H20N8. The monoisotopic (exact) mass is 408 g/mol. The minimum Gasteiger partial charge on any atom is -0.311 e. The van der Waals surface area contributed by atoms with Gasteiger partial charge in [-0.15, -0.1) is 0 Å². The van der Waals surface area contributed by atoms with Gasteiger partial charge in [0.1, 0.15) is 5.69 Å². The fourth-order valence-electron chi connectivity index (χ4n) is 4.13. The Kier molecular flexibility index (Phi) is 4.10. The summed E-state index contributed by atoms with van der Waals surface area (Å²) in [6.45, 7) is 3.73. The molecule has 31 heavy (non-hydrogen) atoms. The van der Waals surface area contributed by atoms with Crippen molar-refractivity contribution in [1.29, 1.82) is 0 Å². The molecule has 0 bridgehead atoms. The second-order valence-corrected chi connectivity index (χ2v) is 7.72. The minimum atomic E-state index is 0.787. The fourth-order valence-corrected chi connectivity index (χ4v) is 4.13. The van der Waals surface area contributed by atoms with E-state index in [4.69, 9.17) is 4.98 Å². The van der Waals surface area contributed by atoms with Crippen LogP contribution < -0.4 is 5.32 Å². The van der Waals surface area contributed by atoms with Crippen LogP contribution in [0.2, 0.25) is 0 Å². The maximum atomic E-state index is 4.91. The molecule has 0 unspecified atom stereocenters. The van der Waals surface area contributed by atoms with Gasteiger partial charge in [0.25, 0.3) is 0 Å². The Morgan fingerprint density at radius 1 is 0.968 bits per heavy atom. The molecule has 6 heterocycles. The molecule has 0 atom stereocenters. The molecule has 152 valence electrons. The summed E-state index contributed by atoms with van der Waals surface area (Å²) in [6.07, 6.45) is 4.71. The largest absolute Gasteiger partial charge is 0.311 e. The lowest BCUT2D eigenvalue weighted by molar-refractivity contribution is 0.633. The quantitative estimate of drug-likeness (QED) is 0.422. The number of nitrogens with zero attached hydrogens (tertiary/aromatic N) is 5. The van der Waals surface area contributed by atoms with E-state index in [1.54, 1.807) is 0 Å². The molecule has 0 spiro atoms. The van der Waals surface area contributed by atoms with E-state index >= 15 is 0 Å². The van der Waals surface area contributed by atoms with Gasteiger partial charge in [-0.1, -0.05) is 6.07 Å². The molecule has 6 rings (SSSR count). The summed E-state index contributed by atoms with van der Waals surface area (Å²) < 4.78 is 0. The molecule has 0 fully saturated rings. The number of hydrogen-bond acceptors (Lipinski definition) is 6. The van der Waals surface area contributed by atoms with Gasteiger partial charge in [-0.2, -0.15) is 10.2 Å². The van der Waals surface area contributed by atoms with Gasteiger partial charge in [0.15, 0.2) is 0 Å². The average Bonchev–Trinajstić information content (AvgIpc) is 3.46. The number of H-pyrrole nitrogens is 2. The fraction of sp³-hybridized carbons (Fsp3) is 0.174. The van der Waals surface area contributed by atoms with E-state index in [1.807, 2.05) is 49.6 Å². The van der Waals surface area contributed by atoms with Crippen molar-refractivity contribution in [1.82, 2.24) is 40.7 Å². The van der Waals surface area contributed by atoms with Crippen LogP contribution in [0.3, 0.4) is 0 Å². The zero-order valence-corrected chi connectivity index (χ0v) is 17.0. The summed E-state index contributed by atoms with van der Waals surface area (Å²) in [5.74, 6) is 0. The van der Waals surface area contributed by atoms with Crippen molar-refractivity contribution in [2.45, 2.75) is 19.9 Å². The normalized spacial score (nSPS) is 13.5. The van der Waals surface area contributed by atoms with Crippen molar-refractivity contribution < 1.29 is 0 Å². The number of aromatic nitrogens is 7. The third-order valence-corrected chi connectivity index (χ3v) is 5.67. The lowest BCUT2D eigenvalue weighted by Crippen LogP contribution is -2.23. The van der Waals surface area contributed by atoms with Crippen LogP contribution in [0.5, 0.6) is 0 Å². The number of nitrogens with one attached hydrogen (secondary N) is 3. The van der Waals surface area contributed by atoms with Gasteiger partial charge in [-0.25, -0.2) is 4.98 Å². The molecule has 1 aliphatic heterocycles. The molecule has 0 saturated heterocycles.